The molecule has 1 fully saturated rings. The zero-order valence-corrected chi connectivity index (χ0v) is 17.4. The molecule has 29 heavy (non-hydrogen) atoms. The van der Waals surface area contributed by atoms with Crippen molar-refractivity contribution in [2.45, 2.75) is 63.8 Å². The van der Waals surface area contributed by atoms with Crippen molar-refractivity contribution in [3.05, 3.63) is 77.5 Å². The summed E-state index contributed by atoms with van der Waals surface area (Å²) in [5, 5.41) is 4.45. The molecule has 0 radical (unpaired) electrons. The van der Waals surface area contributed by atoms with Gasteiger partial charge in [-0.3, -0.25) is 9.78 Å². The fourth-order valence-corrected chi connectivity index (χ4v) is 4.65. The molecule has 0 atom stereocenters. The zero-order valence-electron chi connectivity index (χ0n) is 17.4. The van der Waals surface area contributed by atoms with E-state index in [9.17, 15) is 4.79 Å². The van der Waals surface area contributed by atoms with Crippen molar-refractivity contribution in [2.24, 2.45) is 0 Å². The highest BCUT2D eigenvalue weighted by Gasteiger charge is 2.34. The van der Waals surface area contributed by atoms with Crippen LogP contribution in [0.4, 0.5) is 0 Å². The minimum Gasteiger partial charge on any atom is -0.346 e. The third kappa shape index (κ3) is 4.34. The molecular weight excluding hydrogens is 356 g/mol. The molecule has 0 saturated heterocycles. The van der Waals surface area contributed by atoms with Crippen LogP contribution in [-0.4, -0.2) is 16.4 Å². The Hall–Kier alpha value is -2.68. The van der Waals surface area contributed by atoms with E-state index in [1.54, 1.807) is 6.20 Å². The van der Waals surface area contributed by atoms with E-state index in [0.717, 1.165) is 30.2 Å². The number of carbonyl (C=O) groups excluding carboxylic acids is 1. The summed E-state index contributed by atoms with van der Waals surface area (Å²) in [7, 11) is 0. The second kappa shape index (κ2) is 8.36. The van der Waals surface area contributed by atoms with Crippen molar-refractivity contribution in [1.82, 2.24) is 10.3 Å². The zero-order chi connectivity index (χ0) is 20.3. The fraction of sp³-hybridized carbons (Fsp3) is 0.385. The Kier molecular flexibility index (Phi) is 5.66. The normalized spacial score (nSPS) is 16.1. The number of nitrogens with one attached hydrogen (secondary N) is 1. The highest BCUT2D eigenvalue weighted by Crippen LogP contribution is 2.32. The molecule has 0 unspecified atom stereocenters. The Morgan fingerprint density at radius 1 is 1.03 bits per heavy atom. The summed E-state index contributed by atoms with van der Waals surface area (Å²) >= 11 is 0. The molecule has 3 aromatic rings. The Balaban J connectivity index is 1.60. The van der Waals surface area contributed by atoms with Crippen LogP contribution < -0.4 is 5.32 Å². The fourth-order valence-electron chi connectivity index (χ4n) is 4.65. The second-order valence-corrected chi connectivity index (χ2v) is 8.76. The Labute approximate surface area is 173 Å². The third-order valence-corrected chi connectivity index (χ3v) is 6.20. The molecule has 1 aromatic heterocycles. The van der Waals surface area contributed by atoms with Gasteiger partial charge < -0.3 is 5.32 Å². The van der Waals surface area contributed by atoms with Gasteiger partial charge in [0.15, 0.2) is 0 Å². The average Bonchev–Trinajstić information content (AvgIpc) is 2.74. The van der Waals surface area contributed by atoms with Gasteiger partial charge in [0.25, 0.3) is 5.91 Å². The van der Waals surface area contributed by atoms with Gasteiger partial charge in [0, 0.05) is 17.1 Å². The SMILES string of the molecule is CC(C)c1cccc2cc(C(=O)NC3(Cc4ccccc4)CCCCC3)cnc12. The Morgan fingerprint density at radius 3 is 2.52 bits per heavy atom. The van der Waals surface area contributed by atoms with E-state index in [2.05, 4.69) is 60.5 Å². The Bertz CT molecular complexity index is 988. The topological polar surface area (TPSA) is 42.0 Å². The molecule has 1 N–H and O–H groups in total. The van der Waals surface area contributed by atoms with Crippen LogP contribution in [-0.2, 0) is 6.42 Å². The lowest BCUT2D eigenvalue weighted by Crippen LogP contribution is -2.51. The van der Waals surface area contributed by atoms with E-state index in [4.69, 9.17) is 0 Å². The molecule has 1 aliphatic rings. The maximum absolute atomic E-state index is 13.2. The van der Waals surface area contributed by atoms with Gasteiger partial charge in [0.2, 0.25) is 0 Å². The van der Waals surface area contributed by atoms with Gasteiger partial charge in [0.05, 0.1) is 11.1 Å². The van der Waals surface area contributed by atoms with Gasteiger partial charge in [-0.2, -0.15) is 0 Å². The van der Waals surface area contributed by atoms with Gasteiger partial charge in [-0.25, -0.2) is 0 Å². The molecule has 4 rings (SSSR count). The predicted molar refractivity (Wildman–Crippen MR) is 119 cm³/mol. The summed E-state index contributed by atoms with van der Waals surface area (Å²) in [4.78, 5) is 17.9. The van der Waals surface area contributed by atoms with Crippen molar-refractivity contribution in [2.75, 3.05) is 0 Å². The van der Waals surface area contributed by atoms with E-state index in [1.165, 1.54) is 30.4 Å². The first-order chi connectivity index (χ1) is 14.1. The highest BCUT2D eigenvalue weighted by atomic mass is 16.1. The van der Waals surface area contributed by atoms with Gasteiger partial charge in [0.1, 0.15) is 0 Å². The molecular formula is C26H30N2O. The number of hydrogen-bond acceptors (Lipinski definition) is 2. The largest absolute Gasteiger partial charge is 0.346 e. The van der Waals surface area contributed by atoms with E-state index in [-0.39, 0.29) is 11.4 Å². The minimum absolute atomic E-state index is 0.00724. The van der Waals surface area contributed by atoms with Crippen LogP contribution in [0.3, 0.4) is 0 Å². The smallest absolute Gasteiger partial charge is 0.253 e. The van der Waals surface area contributed by atoms with Crippen molar-refractivity contribution in [3.8, 4) is 0 Å². The number of benzene rings is 2. The minimum atomic E-state index is -0.161. The van der Waals surface area contributed by atoms with Crippen LogP contribution in [0, 0.1) is 0 Å². The number of pyridine rings is 1. The van der Waals surface area contributed by atoms with Gasteiger partial charge in [-0.1, -0.05) is 81.6 Å². The van der Waals surface area contributed by atoms with Crippen molar-refractivity contribution < 1.29 is 4.79 Å². The van der Waals surface area contributed by atoms with E-state index in [0.29, 0.717) is 11.5 Å². The van der Waals surface area contributed by atoms with E-state index in [1.807, 2.05) is 18.2 Å². The number of rotatable bonds is 5. The van der Waals surface area contributed by atoms with Crippen LogP contribution in [0.1, 0.15) is 73.4 Å². The Morgan fingerprint density at radius 2 is 1.79 bits per heavy atom. The molecule has 150 valence electrons. The summed E-state index contributed by atoms with van der Waals surface area (Å²) in [6.45, 7) is 4.35. The van der Waals surface area contributed by atoms with Crippen molar-refractivity contribution in [3.63, 3.8) is 0 Å². The van der Waals surface area contributed by atoms with Crippen LogP contribution in [0.15, 0.2) is 60.8 Å². The van der Waals surface area contributed by atoms with Gasteiger partial charge in [-0.05, 0) is 42.4 Å². The van der Waals surface area contributed by atoms with E-state index < -0.39 is 0 Å². The maximum atomic E-state index is 13.2. The first-order valence-electron chi connectivity index (χ1n) is 10.8. The lowest BCUT2D eigenvalue weighted by Gasteiger charge is -2.38. The predicted octanol–water partition coefficient (Wildman–Crippen LogP) is 6.03. The monoisotopic (exact) mass is 386 g/mol. The lowest BCUT2D eigenvalue weighted by atomic mass is 9.77. The number of carbonyl (C=O) groups is 1. The number of aromatic nitrogens is 1. The van der Waals surface area contributed by atoms with Crippen LogP contribution >= 0.6 is 0 Å². The van der Waals surface area contributed by atoms with Crippen molar-refractivity contribution >= 4 is 16.8 Å². The van der Waals surface area contributed by atoms with Crippen molar-refractivity contribution in [1.29, 1.82) is 0 Å². The first kappa shape index (κ1) is 19.6. The van der Waals surface area contributed by atoms with Gasteiger partial charge >= 0.3 is 0 Å². The number of nitrogens with zero attached hydrogens (tertiary/aromatic N) is 1. The molecule has 1 aliphatic carbocycles. The first-order valence-corrected chi connectivity index (χ1v) is 10.8. The highest BCUT2D eigenvalue weighted by molar-refractivity contribution is 5.98. The molecule has 0 aliphatic heterocycles. The number of hydrogen-bond donors (Lipinski definition) is 1. The molecule has 1 amide bonds. The number of amides is 1. The standard InChI is InChI=1S/C26H30N2O/c1-19(2)23-13-9-12-21-16-22(18-27-24(21)23)25(29)28-26(14-7-4-8-15-26)17-20-10-5-3-6-11-20/h3,5-6,9-13,16,18-19H,4,7-8,14-15,17H2,1-2H3,(H,28,29). The average molecular weight is 387 g/mol. The number of para-hydroxylation sites is 1. The quantitative estimate of drug-likeness (QED) is 0.581. The number of fused-ring (bicyclic) bond motifs is 1. The summed E-state index contributed by atoms with van der Waals surface area (Å²) < 4.78 is 0. The molecule has 3 heteroatoms. The summed E-state index contributed by atoms with van der Waals surface area (Å²) in [5.74, 6) is 0.398. The third-order valence-electron chi connectivity index (χ3n) is 6.20. The van der Waals surface area contributed by atoms with Crippen LogP contribution in [0.5, 0.6) is 0 Å². The molecule has 2 aromatic carbocycles. The molecule has 1 saturated carbocycles. The second-order valence-electron chi connectivity index (χ2n) is 8.76. The maximum Gasteiger partial charge on any atom is 0.253 e. The molecule has 1 heterocycles. The van der Waals surface area contributed by atoms with Crippen LogP contribution in [0.2, 0.25) is 0 Å². The van der Waals surface area contributed by atoms with Crippen LogP contribution in [0.25, 0.3) is 10.9 Å². The summed E-state index contributed by atoms with van der Waals surface area (Å²) in [5.41, 5.74) is 3.99. The van der Waals surface area contributed by atoms with E-state index >= 15 is 0 Å². The molecule has 3 nitrogen and oxygen atoms in total. The lowest BCUT2D eigenvalue weighted by molar-refractivity contribution is 0.0868. The van der Waals surface area contributed by atoms with Gasteiger partial charge in [-0.15, -0.1) is 0 Å². The summed E-state index contributed by atoms with van der Waals surface area (Å²) in [6.07, 6.45) is 8.28. The summed E-state index contributed by atoms with van der Waals surface area (Å²) in [6, 6.07) is 18.7. The molecule has 0 bridgehead atoms. The molecule has 0 spiro atoms.